The number of likely N-dealkylation sites (N-methyl/N-ethyl adjacent to an activating group) is 1. The summed E-state index contributed by atoms with van der Waals surface area (Å²) in [6, 6.07) is 7.84. The molecule has 0 aromatic heterocycles. The van der Waals surface area contributed by atoms with E-state index in [1.165, 1.54) is 19.3 Å². The van der Waals surface area contributed by atoms with Crippen LogP contribution in [0.5, 0.6) is 0 Å². The summed E-state index contributed by atoms with van der Waals surface area (Å²) in [5.41, 5.74) is 1.60. The maximum atomic E-state index is 13.1. The van der Waals surface area contributed by atoms with Crippen LogP contribution < -0.4 is 16.0 Å². The highest BCUT2D eigenvalue weighted by atomic mass is 35.5. The topological polar surface area (TPSA) is 70.2 Å². The molecule has 166 valence electrons. The van der Waals surface area contributed by atoms with Crippen LogP contribution in [0.2, 0.25) is 0 Å². The van der Waals surface area contributed by atoms with Gasteiger partial charge in [-0.3, -0.25) is 9.59 Å². The molecule has 4 saturated carbocycles. The van der Waals surface area contributed by atoms with E-state index in [2.05, 4.69) is 29.8 Å². The zero-order valence-corrected chi connectivity index (χ0v) is 19.0. The fourth-order valence-electron chi connectivity index (χ4n) is 6.30. The van der Waals surface area contributed by atoms with Gasteiger partial charge in [0, 0.05) is 30.1 Å². The van der Waals surface area contributed by atoms with Gasteiger partial charge in [-0.05, 0) is 87.4 Å². The predicted molar refractivity (Wildman–Crippen MR) is 122 cm³/mol. The van der Waals surface area contributed by atoms with Crippen molar-refractivity contribution in [2.75, 3.05) is 13.1 Å². The first-order valence-corrected chi connectivity index (χ1v) is 11.4. The fourth-order valence-corrected chi connectivity index (χ4v) is 6.30. The second kappa shape index (κ2) is 9.69. The highest BCUT2D eigenvalue weighted by molar-refractivity contribution is 5.94. The minimum absolute atomic E-state index is 0. The summed E-state index contributed by atoms with van der Waals surface area (Å²) < 4.78 is 0. The van der Waals surface area contributed by atoms with Crippen LogP contribution in [0.4, 0.5) is 0 Å². The third-order valence-electron chi connectivity index (χ3n) is 7.31. The average Bonchev–Trinajstić information content (AvgIpc) is 2.70. The molecule has 3 N–H and O–H groups in total. The largest absolute Gasteiger partial charge is 0.352 e. The minimum atomic E-state index is -0.0994. The molecule has 0 saturated heterocycles. The number of hydrogen-bond donors (Lipinski definition) is 3. The van der Waals surface area contributed by atoms with Gasteiger partial charge in [-0.2, -0.15) is 0 Å². The summed E-state index contributed by atoms with van der Waals surface area (Å²) in [6.45, 7) is 6.15. The number of nitrogens with one attached hydrogen (secondary N) is 3. The lowest BCUT2D eigenvalue weighted by atomic mass is 9.49. The minimum Gasteiger partial charge on any atom is -0.352 e. The molecular weight excluding hydrogens is 398 g/mol. The van der Waals surface area contributed by atoms with E-state index in [0.29, 0.717) is 18.7 Å². The number of carbonyl (C=O) groups is 2. The molecule has 0 aliphatic heterocycles. The molecule has 5 rings (SSSR count). The first-order chi connectivity index (χ1) is 14.0. The molecule has 2 amide bonds. The van der Waals surface area contributed by atoms with Crippen LogP contribution in [0.1, 0.15) is 68.3 Å². The molecule has 5 nitrogen and oxygen atoms in total. The lowest BCUT2D eigenvalue weighted by molar-refractivity contribution is -0.146. The molecule has 6 heteroatoms. The van der Waals surface area contributed by atoms with E-state index in [9.17, 15) is 9.59 Å². The van der Waals surface area contributed by atoms with Gasteiger partial charge in [0.15, 0.2) is 0 Å². The van der Waals surface area contributed by atoms with E-state index < -0.39 is 0 Å². The third-order valence-corrected chi connectivity index (χ3v) is 7.31. The van der Waals surface area contributed by atoms with E-state index in [4.69, 9.17) is 0 Å². The van der Waals surface area contributed by atoms with Gasteiger partial charge in [-0.15, -0.1) is 12.4 Å². The first-order valence-electron chi connectivity index (χ1n) is 11.4. The van der Waals surface area contributed by atoms with E-state index in [0.717, 1.165) is 49.1 Å². The number of hydrogen-bond acceptors (Lipinski definition) is 3. The molecule has 0 radical (unpaired) electrons. The maximum absolute atomic E-state index is 13.1. The van der Waals surface area contributed by atoms with Crippen molar-refractivity contribution in [3.05, 3.63) is 35.4 Å². The summed E-state index contributed by atoms with van der Waals surface area (Å²) >= 11 is 0. The van der Waals surface area contributed by atoms with Crippen LogP contribution in [-0.2, 0) is 11.3 Å². The van der Waals surface area contributed by atoms with Crippen molar-refractivity contribution in [2.45, 2.75) is 65.0 Å². The molecule has 1 aromatic carbocycles. The number of halogens is 1. The van der Waals surface area contributed by atoms with E-state index in [1.807, 2.05) is 24.3 Å². The highest BCUT2D eigenvalue weighted by Gasteiger charge is 2.54. The Morgan fingerprint density at radius 1 is 1.00 bits per heavy atom. The van der Waals surface area contributed by atoms with E-state index >= 15 is 0 Å². The van der Waals surface area contributed by atoms with Crippen molar-refractivity contribution in [3.63, 3.8) is 0 Å². The van der Waals surface area contributed by atoms with E-state index in [-0.39, 0.29) is 35.7 Å². The van der Waals surface area contributed by atoms with E-state index in [1.54, 1.807) is 0 Å². The van der Waals surface area contributed by atoms with Crippen LogP contribution in [-0.4, -0.2) is 30.9 Å². The number of carbonyl (C=O) groups excluding carboxylic acids is 2. The summed E-state index contributed by atoms with van der Waals surface area (Å²) in [6.07, 6.45) is 7.33. The standard InChI is InChI=1S/C24H35N3O2.ClH/c1-3-25-16(2)14-26-22(28)21-6-4-17(5-7-21)15-27-23(29)24-11-18-8-19(12-24)10-20(9-18)13-24;/h4-7,16,18-20,25H,3,8-15H2,1-2H3,(H,26,28)(H,27,29);1H/t16-,18?,19?,20?,24?;/m1./s1. The summed E-state index contributed by atoms with van der Waals surface area (Å²) in [5, 5.41) is 9.45. The van der Waals surface area contributed by atoms with Crippen LogP contribution in [0.3, 0.4) is 0 Å². The van der Waals surface area contributed by atoms with Crippen molar-refractivity contribution >= 4 is 24.2 Å². The third kappa shape index (κ3) is 5.00. The van der Waals surface area contributed by atoms with Crippen molar-refractivity contribution in [3.8, 4) is 0 Å². The van der Waals surface area contributed by atoms with Crippen molar-refractivity contribution < 1.29 is 9.59 Å². The zero-order valence-electron chi connectivity index (χ0n) is 18.2. The van der Waals surface area contributed by atoms with Crippen molar-refractivity contribution in [1.29, 1.82) is 0 Å². The summed E-state index contributed by atoms with van der Waals surface area (Å²) in [4.78, 5) is 25.3. The van der Waals surface area contributed by atoms with Gasteiger partial charge in [-0.1, -0.05) is 19.1 Å². The molecule has 0 unspecified atom stereocenters. The second-order valence-electron chi connectivity index (χ2n) is 9.75. The Morgan fingerprint density at radius 3 is 2.10 bits per heavy atom. The van der Waals surface area contributed by atoms with Crippen LogP contribution >= 0.6 is 12.4 Å². The SMILES string of the molecule is CCN[C@H](C)CNC(=O)c1ccc(CNC(=O)C23CC4CC(CC(C4)C2)C3)cc1.Cl. The van der Waals surface area contributed by atoms with Gasteiger partial charge in [0.05, 0.1) is 0 Å². The Kier molecular flexibility index (Phi) is 7.46. The quantitative estimate of drug-likeness (QED) is 0.585. The number of amides is 2. The predicted octanol–water partition coefficient (Wildman–Crippen LogP) is 3.67. The first kappa shape index (κ1) is 23.1. The van der Waals surface area contributed by atoms with Crippen LogP contribution in [0, 0.1) is 23.2 Å². The van der Waals surface area contributed by atoms with Crippen molar-refractivity contribution in [2.24, 2.45) is 23.2 Å². The lowest BCUT2D eigenvalue weighted by Crippen LogP contribution is -2.53. The fraction of sp³-hybridized carbons (Fsp3) is 0.667. The Labute approximate surface area is 186 Å². The zero-order chi connectivity index (χ0) is 20.4. The second-order valence-corrected chi connectivity index (χ2v) is 9.75. The Bertz CT molecular complexity index is 714. The van der Waals surface area contributed by atoms with Gasteiger partial charge < -0.3 is 16.0 Å². The average molecular weight is 434 g/mol. The molecular formula is C24H36ClN3O2. The van der Waals surface area contributed by atoms with Crippen LogP contribution in [0.25, 0.3) is 0 Å². The Morgan fingerprint density at radius 2 is 1.57 bits per heavy atom. The van der Waals surface area contributed by atoms with Gasteiger partial charge >= 0.3 is 0 Å². The molecule has 4 aliphatic carbocycles. The number of benzene rings is 1. The molecule has 4 fully saturated rings. The smallest absolute Gasteiger partial charge is 0.251 e. The monoisotopic (exact) mass is 433 g/mol. The molecule has 0 spiro atoms. The molecule has 1 atom stereocenters. The summed E-state index contributed by atoms with van der Waals surface area (Å²) in [5.74, 6) is 2.54. The van der Waals surface area contributed by atoms with Crippen molar-refractivity contribution in [1.82, 2.24) is 16.0 Å². The Hall–Kier alpha value is -1.59. The van der Waals surface area contributed by atoms with Gasteiger partial charge in [0.25, 0.3) is 5.91 Å². The summed E-state index contributed by atoms with van der Waals surface area (Å²) in [7, 11) is 0. The van der Waals surface area contributed by atoms with Gasteiger partial charge in [0.2, 0.25) is 5.91 Å². The van der Waals surface area contributed by atoms with Crippen LogP contribution in [0.15, 0.2) is 24.3 Å². The normalized spacial score (nSPS) is 29.7. The number of rotatable bonds is 8. The maximum Gasteiger partial charge on any atom is 0.251 e. The highest BCUT2D eigenvalue weighted by Crippen LogP contribution is 2.60. The molecule has 0 heterocycles. The molecule has 30 heavy (non-hydrogen) atoms. The lowest BCUT2D eigenvalue weighted by Gasteiger charge is -2.55. The van der Waals surface area contributed by atoms with Gasteiger partial charge in [0.1, 0.15) is 0 Å². The molecule has 1 aromatic rings. The molecule has 4 bridgehead atoms. The Balaban J connectivity index is 0.00000256. The molecule has 4 aliphatic rings. The van der Waals surface area contributed by atoms with Gasteiger partial charge in [-0.25, -0.2) is 0 Å².